The smallest absolute Gasteiger partial charge is 0.225 e. The molecule has 1 amide bonds. The molecule has 1 aliphatic carbocycles. The standard InChI is InChI=1S/C26H29N3O/c30-25(17-16-20-10-4-1-5-11-20)29-26-23(18-21-12-6-2-7-13-21)28-24(19-27-26)22-14-8-3-9-15-22/h1,3-5,8-11,14-15,19,21H,2,6-7,12-13,16-18H2,(H,27,29,30). The molecule has 154 valence electrons. The van der Waals surface area contributed by atoms with E-state index in [1.54, 1.807) is 6.20 Å². The third-order valence-corrected chi connectivity index (χ3v) is 5.86. The van der Waals surface area contributed by atoms with E-state index in [1.165, 1.54) is 37.7 Å². The van der Waals surface area contributed by atoms with Crippen LogP contribution in [0.3, 0.4) is 0 Å². The van der Waals surface area contributed by atoms with Crippen LogP contribution in [0.1, 0.15) is 49.8 Å². The lowest BCUT2D eigenvalue weighted by Gasteiger charge is -2.22. The van der Waals surface area contributed by atoms with Crippen LogP contribution in [0.2, 0.25) is 0 Å². The van der Waals surface area contributed by atoms with Gasteiger partial charge in [0.1, 0.15) is 0 Å². The number of nitrogens with zero attached hydrogens (tertiary/aromatic N) is 2. The highest BCUT2D eigenvalue weighted by Crippen LogP contribution is 2.29. The van der Waals surface area contributed by atoms with E-state index >= 15 is 0 Å². The maximum Gasteiger partial charge on any atom is 0.225 e. The van der Waals surface area contributed by atoms with Gasteiger partial charge in [0.05, 0.1) is 17.6 Å². The van der Waals surface area contributed by atoms with Crippen molar-refractivity contribution >= 4 is 11.7 Å². The highest BCUT2D eigenvalue weighted by Gasteiger charge is 2.19. The number of aryl methyl sites for hydroxylation is 1. The Morgan fingerprint density at radius 2 is 1.63 bits per heavy atom. The number of rotatable bonds is 7. The van der Waals surface area contributed by atoms with E-state index in [2.05, 4.69) is 22.4 Å². The van der Waals surface area contributed by atoms with Crippen molar-refractivity contribution in [3.05, 3.63) is 78.1 Å². The van der Waals surface area contributed by atoms with Crippen molar-refractivity contribution in [1.29, 1.82) is 0 Å². The molecule has 0 bridgehead atoms. The average molecular weight is 400 g/mol. The van der Waals surface area contributed by atoms with Crippen LogP contribution >= 0.6 is 0 Å². The minimum Gasteiger partial charge on any atom is -0.309 e. The molecule has 1 aliphatic rings. The summed E-state index contributed by atoms with van der Waals surface area (Å²) in [5.41, 5.74) is 4.00. The Labute approximate surface area is 178 Å². The van der Waals surface area contributed by atoms with Gasteiger partial charge in [0.2, 0.25) is 5.91 Å². The summed E-state index contributed by atoms with van der Waals surface area (Å²) in [7, 11) is 0. The molecule has 4 rings (SSSR count). The van der Waals surface area contributed by atoms with Gasteiger partial charge in [0, 0.05) is 12.0 Å². The van der Waals surface area contributed by atoms with E-state index in [-0.39, 0.29) is 5.91 Å². The van der Waals surface area contributed by atoms with E-state index in [0.29, 0.717) is 18.2 Å². The average Bonchev–Trinajstić information content (AvgIpc) is 2.81. The zero-order valence-electron chi connectivity index (χ0n) is 17.4. The summed E-state index contributed by atoms with van der Waals surface area (Å²) in [6.07, 6.45) is 10.2. The summed E-state index contributed by atoms with van der Waals surface area (Å²) < 4.78 is 0. The second-order valence-electron chi connectivity index (χ2n) is 8.16. The van der Waals surface area contributed by atoms with Crippen molar-refractivity contribution in [1.82, 2.24) is 9.97 Å². The molecule has 0 aliphatic heterocycles. The van der Waals surface area contributed by atoms with Gasteiger partial charge in [-0.05, 0) is 24.3 Å². The van der Waals surface area contributed by atoms with Gasteiger partial charge in [-0.15, -0.1) is 0 Å². The van der Waals surface area contributed by atoms with Crippen LogP contribution < -0.4 is 5.32 Å². The summed E-state index contributed by atoms with van der Waals surface area (Å²) in [6.45, 7) is 0. The molecule has 4 heteroatoms. The van der Waals surface area contributed by atoms with Gasteiger partial charge in [-0.2, -0.15) is 0 Å². The number of nitrogens with one attached hydrogen (secondary N) is 1. The molecule has 1 fully saturated rings. The highest BCUT2D eigenvalue weighted by molar-refractivity contribution is 5.90. The lowest BCUT2D eigenvalue weighted by Crippen LogP contribution is -2.18. The first-order valence-corrected chi connectivity index (χ1v) is 11.0. The fourth-order valence-corrected chi connectivity index (χ4v) is 4.18. The predicted octanol–water partition coefficient (Wildman–Crippen LogP) is 5.84. The van der Waals surface area contributed by atoms with E-state index in [1.807, 2.05) is 48.5 Å². The van der Waals surface area contributed by atoms with E-state index in [9.17, 15) is 4.79 Å². The zero-order chi connectivity index (χ0) is 20.6. The Morgan fingerprint density at radius 3 is 2.37 bits per heavy atom. The minimum absolute atomic E-state index is 0.00879. The Morgan fingerprint density at radius 1 is 0.933 bits per heavy atom. The Hall–Kier alpha value is -3.01. The quantitative estimate of drug-likeness (QED) is 0.543. The van der Waals surface area contributed by atoms with Crippen LogP contribution in [-0.2, 0) is 17.6 Å². The van der Waals surface area contributed by atoms with E-state index < -0.39 is 0 Å². The van der Waals surface area contributed by atoms with Crippen LogP contribution in [0, 0.1) is 5.92 Å². The molecule has 4 nitrogen and oxygen atoms in total. The van der Waals surface area contributed by atoms with Gasteiger partial charge in [0.25, 0.3) is 0 Å². The van der Waals surface area contributed by atoms with Crippen LogP contribution in [-0.4, -0.2) is 15.9 Å². The molecule has 1 heterocycles. The number of amides is 1. The summed E-state index contributed by atoms with van der Waals surface area (Å²) >= 11 is 0. The minimum atomic E-state index is -0.00879. The van der Waals surface area contributed by atoms with Crippen molar-refractivity contribution in [2.24, 2.45) is 5.92 Å². The largest absolute Gasteiger partial charge is 0.309 e. The van der Waals surface area contributed by atoms with Crippen molar-refractivity contribution in [2.75, 3.05) is 5.32 Å². The Bertz CT molecular complexity index is 951. The first kappa shape index (κ1) is 20.3. The van der Waals surface area contributed by atoms with Gasteiger partial charge < -0.3 is 5.32 Å². The summed E-state index contributed by atoms with van der Waals surface area (Å²) in [5.74, 6) is 1.24. The number of benzene rings is 2. The highest BCUT2D eigenvalue weighted by atomic mass is 16.1. The SMILES string of the molecule is O=C(CCc1ccccc1)Nc1ncc(-c2ccccc2)nc1CC1CCCCC1. The number of carbonyl (C=O) groups is 1. The second-order valence-corrected chi connectivity index (χ2v) is 8.16. The number of aromatic nitrogens is 2. The fourth-order valence-electron chi connectivity index (χ4n) is 4.18. The first-order chi connectivity index (χ1) is 14.8. The summed E-state index contributed by atoms with van der Waals surface area (Å²) in [5, 5.41) is 3.04. The molecule has 1 N–H and O–H groups in total. The number of hydrogen-bond donors (Lipinski definition) is 1. The monoisotopic (exact) mass is 399 g/mol. The van der Waals surface area contributed by atoms with Gasteiger partial charge >= 0.3 is 0 Å². The van der Waals surface area contributed by atoms with Gasteiger partial charge in [-0.25, -0.2) is 9.97 Å². The number of anilines is 1. The van der Waals surface area contributed by atoms with Crippen LogP contribution in [0.5, 0.6) is 0 Å². The Balaban J connectivity index is 1.50. The normalized spacial score (nSPS) is 14.4. The van der Waals surface area contributed by atoms with Crippen molar-refractivity contribution in [2.45, 2.75) is 51.4 Å². The molecule has 30 heavy (non-hydrogen) atoms. The lowest BCUT2D eigenvalue weighted by molar-refractivity contribution is -0.116. The molecule has 0 unspecified atom stereocenters. The van der Waals surface area contributed by atoms with E-state index in [0.717, 1.165) is 29.8 Å². The molecule has 2 aromatic carbocycles. The van der Waals surface area contributed by atoms with Gasteiger partial charge in [-0.1, -0.05) is 92.8 Å². The number of hydrogen-bond acceptors (Lipinski definition) is 3. The van der Waals surface area contributed by atoms with Crippen molar-refractivity contribution in [3.63, 3.8) is 0 Å². The molecular weight excluding hydrogens is 370 g/mol. The molecule has 0 spiro atoms. The molecular formula is C26H29N3O. The second kappa shape index (κ2) is 10.1. The zero-order valence-corrected chi connectivity index (χ0v) is 17.4. The maximum absolute atomic E-state index is 12.6. The fraction of sp³-hybridized carbons (Fsp3) is 0.346. The van der Waals surface area contributed by atoms with Crippen LogP contribution in [0.15, 0.2) is 66.9 Å². The molecule has 0 saturated heterocycles. The topological polar surface area (TPSA) is 54.9 Å². The molecule has 1 aromatic heterocycles. The summed E-state index contributed by atoms with van der Waals surface area (Å²) in [4.78, 5) is 22.2. The van der Waals surface area contributed by atoms with Gasteiger partial charge in [0.15, 0.2) is 5.82 Å². The van der Waals surface area contributed by atoms with Crippen LogP contribution in [0.4, 0.5) is 5.82 Å². The first-order valence-electron chi connectivity index (χ1n) is 11.0. The molecule has 3 aromatic rings. The molecule has 0 radical (unpaired) electrons. The molecule has 0 atom stereocenters. The summed E-state index contributed by atoms with van der Waals surface area (Å²) in [6, 6.07) is 20.2. The van der Waals surface area contributed by atoms with E-state index in [4.69, 9.17) is 4.98 Å². The third kappa shape index (κ3) is 5.53. The third-order valence-electron chi connectivity index (χ3n) is 5.86. The number of carbonyl (C=O) groups excluding carboxylic acids is 1. The Kier molecular flexibility index (Phi) is 6.86. The van der Waals surface area contributed by atoms with Crippen molar-refractivity contribution < 1.29 is 4.79 Å². The maximum atomic E-state index is 12.6. The van der Waals surface area contributed by atoms with Crippen molar-refractivity contribution in [3.8, 4) is 11.3 Å². The predicted molar refractivity (Wildman–Crippen MR) is 121 cm³/mol. The lowest BCUT2D eigenvalue weighted by atomic mass is 9.86. The van der Waals surface area contributed by atoms with Gasteiger partial charge in [-0.3, -0.25) is 4.79 Å². The molecule has 1 saturated carbocycles. The van der Waals surface area contributed by atoms with Crippen LogP contribution in [0.25, 0.3) is 11.3 Å².